The predicted molar refractivity (Wildman–Crippen MR) is 138 cm³/mol. The van der Waals surface area contributed by atoms with E-state index in [0.717, 1.165) is 70.5 Å². The Labute approximate surface area is 205 Å². The van der Waals surface area contributed by atoms with Gasteiger partial charge in [0.15, 0.2) is 5.96 Å². The van der Waals surface area contributed by atoms with E-state index in [1.807, 2.05) is 12.1 Å². The number of likely N-dealkylation sites (N-methyl/N-ethyl adjacent to an activating group) is 1. The minimum Gasteiger partial charge on any atom is -0.497 e. The molecule has 0 amide bonds. The molecule has 1 heterocycles. The Morgan fingerprint density at radius 1 is 1.19 bits per heavy atom. The maximum atomic E-state index is 5.85. The summed E-state index contributed by atoms with van der Waals surface area (Å²) in [7, 11) is 5.86. The normalized spacial score (nSPS) is 16.0. The molecule has 1 unspecified atom stereocenters. The molecule has 178 valence electrons. The second kappa shape index (κ2) is 16.5. The van der Waals surface area contributed by atoms with E-state index < -0.39 is 0 Å². The van der Waals surface area contributed by atoms with Gasteiger partial charge in [0.05, 0.1) is 19.7 Å². The van der Waals surface area contributed by atoms with Crippen molar-refractivity contribution in [2.45, 2.75) is 32.2 Å². The third-order valence-electron chi connectivity index (χ3n) is 5.34. The molecule has 0 aromatic heterocycles. The Morgan fingerprint density at radius 2 is 1.90 bits per heavy atom. The molecule has 0 bridgehead atoms. The number of ether oxygens (including phenoxy) is 3. The van der Waals surface area contributed by atoms with Crippen LogP contribution in [0.25, 0.3) is 0 Å². The summed E-state index contributed by atoms with van der Waals surface area (Å²) in [6, 6.07) is 8.41. The van der Waals surface area contributed by atoms with E-state index in [2.05, 4.69) is 48.7 Å². The van der Waals surface area contributed by atoms with Crippen molar-refractivity contribution in [1.29, 1.82) is 0 Å². The lowest BCUT2D eigenvalue weighted by atomic mass is 10.0. The molecule has 1 saturated heterocycles. The number of aliphatic imine (C=N–C) groups is 1. The van der Waals surface area contributed by atoms with E-state index >= 15 is 0 Å². The van der Waals surface area contributed by atoms with Crippen molar-refractivity contribution in [1.82, 2.24) is 15.5 Å². The van der Waals surface area contributed by atoms with Crippen LogP contribution in [0.1, 0.15) is 37.8 Å². The number of guanidine groups is 1. The second-order valence-electron chi connectivity index (χ2n) is 7.88. The van der Waals surface area contributed by atoms with Crippen molar-refractivity contribution < 1.29 is 14.2 Å². The fraction of sp³-hybridized carbons (Fsp3) is 0.696. The van der Waals surface area contributed by atoms with Crippen molar-refractivity contribution in [2.75, 3.05) is 67.3 Å². The van der Waals surface area contributed by atoms with Crippen LogP contribution in [0.5, 0.6) is 5.75 Å². The number of benzene rings is 1. The van der Waals surface area contributed by atoms with E-state index in [1.165, 1.54) is 5.56 Å². The Bertz CT molecular complexity index is 607. The predicted octanol–water partition coefficient (Wildman–Crippen LogP) is 3.30. The van der Waals surface area contributed by atoms with Gasteiger partial charge in [0.2, 0.25) is 0 Å². The largest absolute Gasteiger partial charge is 0.497 e. The Kier molecular flexibility index (Phi) is 14.9. The van der Waals surface area contributed by atoms with E-state index in [9.17, 15) is 0 Å². The van der Waals surface area contributed by atoms with Gasteiger partial charge in [-0.2, -0.15) is 0 Å². The van der Waals surface area contributed by atoms with Crippen LogP contribution < -0.4 is 15.4 Å². The average molecular weight is 549 g/mol. The number of nitrogens with one attached hydrogen (secondary N) is 2. The SMILES string of the molecule is CCNC(=NCC(c1ccc(OC)cc1)N(C)C)NCCCOCC1CCOCC1.I. The quantitative estimate of drug-likeness (QED) is 0.181. The van der Waals surface area contributed by atoms with Crippen molar-refractivity contribution in [3.63, 3.8) is 0 Å². The molecular weight excluding hydrogens is 507 g/mol. The maximum Gasteiger partial charge on any atom is 0.191 e. The van der Waals surface area contributed by atoms with Gasteiger partial charge in [0.1, 0.15) is 5.75 Å². The van der Waals surface area contributed by atoms with Crippen LogP contribution in [0.4, 0.5) is 0 Å². The van der Waals surface area contributed by atoms with Crippen molar-refractivity contribution >= 4 is 29.9 Å². The zero-order valence-electron chi connectivity index (χ0n) is 19.6. The smallest absolute Gasteiger partial charge is 0.191 e. The fourth-order valence-electron chi connectivity index (χ4n) is 3.46. The lowest BCUT2D eigenvalue weighted by molar-refractivity contribution is 0.0203. The van der Waals surface area contributed by atoms with Crippen LogP contribution in [0.3, 0.4) is 0 Å². The van der Waals surface area contributed by atoms with E-state index in [1.54, 1.807) is 7.11 Å². The van der Waals surface area contributed by atoms with Crippen LogP contribution >= 0.6 is 24.0 Å². The molecule has 2 rings (SSSR count). The van der Waals surface area contributed by atoms with Crippen LogP contribution in [-0.2, 0) is 9.47 Å². The molecule has 1 atom stereocenters. The van der Waals surface area contributed by atoms with Crippen molar-refractivity contribution in [3.8, 4) is 5.75 Å². The molecule has 8 heteroatoms. The lowest BCUT2D eigenvalue weighted by Gasteiger charge is -2.24. The van der Waals surface area contributed by atoms with Gasteiger partial charge in [-0.25, -0.2) is 0 Å². The van der Waals surface area contributed by atoms with E-state index in [-0.39, 0.29) is 30.0 Å². The van der Waals surface area contributed by atoms with Crippen LogP contribution in [0.15, 0.2) is 29.3 Å². The Hall–Kier alpha value is -1.10. The maximum absolute atomic E-state index is 5.85. The third kappa shape index (κ3) is 10.9. The number of hydrogen-bond acceptors (Lipinski definition) is 5. The zero-order chi connectivity index (χ0) is 21.6. The van der Waals surface area contributed by atoms with Gasteiger partial charge in [-0.05, 0) is 63.9 Å². The zero-order valence-corrected chi connectivity index (χ0v) is 21.9. The first-order valence-corrected chi connectivity index (χ1v) is 11.1. The molecule has 2 N–H and O–H groups in total. The number of nitrogens with zero attached hydrogens (tertiary/aromatic N) is 2. The van der Waals surface area contributed by atoms with E-state index in [0.29, 0.717) is 12.5 Å². The van der Waals surface area contributed by atoms with Crippen LogP contribution in [0.2, 0.25) is 0 Å². The van der Waals surface area contributed by atoms with Crippen LogP contribution in [-0.4, -0.2) is 78.1 Å². The number of methoxy groups -OCH3 is 1. The lowest BCUT2D eigenvalue weighted by Crippen LogP contribution is -2.38. The highest BCUT2D eigenvalue weighted by atomic mass is 127. The fourth-order valence-corrected chi connectivity index (χ4v) is 3.46. The first-order chi connectivity index (χ1) is 14.6. The van der Waals surface area contributed by atoms with Gasteiger partial charge < -0.3 is 29.7 Å². The summed E-state index contributed by atoms with van der Waals surface area (Å²) in [5, 5.41) is 6.76. The molecule has 1 aliphatic rings. The summed E-state index contributed by atoms with van der Waals surface area (Å²) in [5.41, 5.74) is 1.22. The first kappa shape index (κ1) is 27.9. The standard InChI is InChI=1S/C23H40N4O3.HI/c1-5-24-23(25-13-6-14-30-18-19-11-15-29-16-12-19)26-17-22(27(2)3)20-7-9-21(28-4)10-8-20;/h7-10,19,22H,5-6,11-18H2,1-4H3,(H2,24,25,26);1H. The molecule has 7 nitrogen and oxygen atoms in total. The van der Waals surface area contributed by atoms with Gasteiger partial charge in [-0.15, -0.1) is 24.0 Å². The second-order valence-corrected chi connectivity index (χ2v) is 7.88. The first-order valence-electron chi connectivity index (χ1n) is 11.1. The highest BCUT2D eigenvalue weighted by Gasteiger charge is 2.15. The molecule has 1 fully saturated rings. The minimum atomic E-state index is 0. The monoisotopic (exact) mass is 548 g/mol. The number of rotatable bonds is 12. The molecule has 0 radical (unpaired) electrons. The minimum absolute atomic E-state index is 0. The molecule has 0 aliphatic carbocycles. The summed E-state index contributed by atoms with van der Waals surface area (Å²) in [6.45, 7) is 7.82. The molecule has 1 aromatic carbocycles. The summed E-state index contributed by atoms with van der Waals surface area (Å²) >= 11 is 0. The van der Waals surface area contributed by atoms with E-state index in [4.69, 9.17) is 19.2 Å². The van der Waals surface area contributed by atoms with Crippen LogP contribution in [0, 0.1) is 5.92 Å². The van der Waals surface area contributed by atoms with Gasteiger partial charge in [0.25, 0.3) is 0 Å². The topological polar surface area (TPSA) is 67.4 Å². The molecule has 31 heavy (non-hydrogen) atoms. The van der Waals surface area contributed by atoms with Crippen molar-refractivity contribution in [2.24, 2.45) is 10.9 Å². The summed E-state index contributed by atoms with van der Waals surface area (Å²) in [4.78, 5) is 7.01. The van der Waals surface area contributed by atoms with Gasteiger partial charge >= 0.3 is 0 Å². The summed E-state index contributed by atoms with van der Waals surface area (Å²) < 4.78 is 16.5. The molecular formula is C23H41IN4O3. The average Bonchev–Trinajstić information content (AvgIpc) is 2.77. The Balaban J connectivity index is 0.00000480. The Morgan fingerprint density at radius 3 is 2.52 bits per heavy atom. The van der Waals surface area contributed by atoms with Gasteiger partial charge in [0, 0.05) is 39.5 Å². The number of halogens is 1. The van der Waals surface area contributed by atoms with Gasteiger partial charge in [-0.1, -0.05) is 12.1 Å². The molecule has 0 spiro atoms. The summed E-state index contributed by atoms with van der Waals surface area (Å²) in [6.07, 6.45) is 3.21. The molecule has 0 saturated carbocycles. The molecule has 1 aliphatic heterocycles. The van der Waals surface area contributed by atoms with Crippen molar-refractivity contribution in [3.05, 3.63) is 29.8 Å². The highest BCUT2D eigenvalue weighted by molar-refractivity contribution is 14.0. The number of hydrogen-bond donors (Lipinski definition) is 2. The van der Waals surface area contributed by atoms with Gasteiger partial charge in [-0.3, -0.25) is 4.99 Å². The summed E-state index contributed by atoms with van der Waals surface area (Å²) in [5.74, 6) is 2.38. The highest BCUT2D eigenvalue weighted by Crippen LogP contribution is 2.21. The molecule has 1 aromatic rings. The third-order valence-corrected chi connectivity index (χ3v) is 5.34.